The second-order valence-corrected chi connectivity index (χ2v) is 7.56. The number of para-hydroxylation sites is 2. The van der Waals surface area contributed by atoms with Crippen molar-refractivity contribution in [1.82, 2.24) is 30.1 Å². The molecule has 154 valence electrons. The maximum Gasteiger partial charge on any atom is 0.161 e. The van der Waals surface area contributed by atoms with E-state index in [9.17, 15) is 0 Å². The van der Waals surface area contributed by atoms with Crippen molar-refractivity contribution in [2.75, 3.05) is 5.32 Å². The average Bonchev–Trinajstić information content (AvgIpc) is 3.41. The lowest BCUT2D eigenvalue weighted by atomic mass is 10.1. The normalized spacial score (nSPS) is 11.3. The lowest BCUT2D eigenvalue weighted by Crippen LogP contribution is -1.99. The Balaban J connectivity index is 1.49. The van der Waals surface area contributed by atoms with Gasteiger partial charge >= 0.3 is 0 Å². The van der Waals surface area contributed by atoms with Gasteiger partial charge in [-0.05, 0) is 43.2 Å². The molecule has 31 heavy (non-hydrogen) atoms. The van der Waals surface area contributed by atoms with E-state index in [1.54, 1.807) is 6.20 Å². The first-order valence-corrected chi connectivity index (χ1v) is 10.4. The van der Waals surface area contributed by atoms with Gasteiger partial charge in [0.1, 0.15) is 5.52 Å². The molecule has 4 heterocycles. The van der Waals surface area contributed by atoms with Gasteiger partial charge in [-0.2, -0.15) is 5.10 Å². The van der Waals surface area contributed by atoms with Gasteiger partial charge in [0.15, 0.2) is 11.5 Å². The number of nitrogens with zero attached hydrogens (tertiary/aromatic N) is 4. The molecule has 4 aromatic heterocycles. The van der Waals surface area contributed by atoms with Crippen LogP contribution >= 0.6 is 0 Å². The average molecular weight is 409 g/mol. The number of hydrogen-bond donors (Lipinski definition) is 3. The molecule has 0 unspecified atom stereocenters. The van der Waals surface area contributed by atoms with Crippen LogP contribution in [0.3, 0.4) is 0 Å². The number of unbranched alkanes of at least 4 members (excludes halogenated alkanes) is 1. The maximum absolute atomic E-state index is 4.88. The van der Waals surface area contributed by atoms with Gasteiger partial charge in [-0.1, -0.05) is 32.1 Å². The van der Waals surface area contributed by atoms with Crippen molar-refractivity contribution in [2.45, 2.75) is 26.2 Å². The van der Waals surface area contributed by atoms with E-state index in [0.29, 0.717) is 11.5 Å². The van der Waals surface area contributed by atoms with E-state index >= 15 is 0 Å². The molecule has 0 radical (unpaired) electrons. The molecular formula is C24H23N7. The van der Waals surface area contributed by atoms with Crippen molar-refractivity contribution in [2.24, 2.45) is 0 Å². The first-order valence-electron chi connectivity index (χ1n) is 10.4. The number of allylic oxidation sites excluding steroid dienone is 1. The van der Waals surface area contributed by atoms with E-state index in [2.05, 4.69) is 44.0 Å². The van der Waals surface area contributed by atoms with Crippen LogP contribution < -0.4 is 5.32 Å². The van der Waals surface area contributed by atoms with Crippen LogP contribution in [0.2, 0.25) is 0 Å². The van der Waals surface area contributed by atoms with Gasteiger partial charge in [0.05, 0.1) is 34.1 Å². The minimum Gasteiger partial charge on any atom is -0.358 e. The van der Waals surface area contributed by atoms with Crippen LogP contribution in [0, 0.1) is 0 Å². The van der Waals surface area contributed by atoms with Gasteiger partial charge in [-0.25, -0.2) is 9.97 Å². The molecule has 7 heteroatoms. The number of nitrogens with one attached hydrogen (secondary N) is 3. The first-order chi connectivity index (χ1) is 15.2. The van der Waals surface area contributed by atoms with Crippen molar-refractivity contribution < 1.29 is 0 Å². The molecule has 5 aromatic rings. The highest BCUT2D eigenvalue weighted by atomic mass is 15.1. The fourth-order valence-corrected chi connectivity index (χ4v) is 3.59. The number of aromatic amines is 2. The molecule has 7 nitrogen and oxygen atoms in total. The van der Waals surface area contributed by atoms with Crippen molar-refractivity contribution in [3.05, 3.63) is 67.1 Å². The van der Waals surface area contributed by atoms with Crippen molar-refractivity contribution in [3.63, 3.8) is 0 Å². The fraction of sp³-hybridized carbons (Fsp3) is 0.167. The van der Waals surface area contributed by atoms with Crippen LogP contribution in [0.1, 0.15) is 26.2 Å². The number of anilines is 1. The molecule has 0 bridgehead atoms. The van der Waals surface area contributed by atoms with Gasteiger partial charge in [-0.3, -0.25) is 10.1 Å². The Labute approximate surface area is 179 Å². The van der Waals surface area contributed by atoms with Gasteiger partial charge in [0.25, 0.3) is 0 Å². The third-order valence-electron chi connectivity index (χ3n) is 5.21. The molecule has 0 spiro atoms. The Kier molecular flexibility index (Phi) is 4.92. The van der Waals surface area contributed by atoms with E-state index in [4.69, 9.17) is 4.98 Å². The van der Waals surface area contributed by atoms with Gasteiger partial charge in [0, 0.05) is 17.5 Å². The molecule has 0 amide bonds. The van der Waals surface area contributed by atoms with E-state index in [0.717, 1.165) is 64.0 Å². The highest BCUT2D eigenvalue weighted by Gasteiger charge is 2.15. The predicted octanol–water partition coefficient (Wildman–Crippen LogP) is 5.68. The molecule has 0 saturated carbocycles. The second kappa shape index (κ2) is 8.02. The fourth-order valence-electron chi connectivity index (χ4n) is 3.59. The Morgan fingerprint density at radius 3 is 2.84 bits per heavy atom. The van der Waals surface area contributed by atoms with Gasteiger partial charge in [-0.15, -0.1) is 0 Å². The maximum atomic E-state index is 4.88. The Morgan fingerprint density at radius 2 is 1.97 bits per heavy atom. The molecular weight excluding hydrogens is 386 g/mol. The van der Waals surface area contributed by atoms with Crippen molar-refractivity contribution >= 4 is 27.8 Å². The number of H-pyrrole nitrogens is 2. The van der Waals surface area contributed by atoms with E-state index < -0.39 is 0 Å². The zero-order valence-corrected chi connectivity index (χ0v) is 17.3. The van der Waals surface area contributed by atoms with E-state index in [-0.39, 0.29) is 0 Å². The number of rotatable bonds is 7. The third kappa shape index (κ3) is 3.77. The second-order valence-electron chi connectivity index (χ2n) is 7.56. The van der Waals surface area contributed by atoms with E-state index in [1.807, 2.05) is 48.7 Å². The summed E-state index contributed by atoms with van der Waals surface area (Å²) in [5.41, 5.74) is 7.83. The summed E-state index contributed by atoms with van der Waals surface area (Å²) in [5.74, 6) is 0.692. The minimum absolute atomic E-state index is 0.692. The monoisotopic (exact) mass is 409 g/mol. The third-order valence-corrected chi connectivity index (χ3v) is 5.21. The summed E-state index contributed by atoms with van der Waals surface area (Å²) in [6, 6.07) is 13.9. The molecule has 0 atom stereocenters. The number of pyridine rings is 2. The summed E-state index contributed by atoms with van der Waals surface area (Å²) in [7, 11) is 0. The molecule has 3 N–H and O–H groups in total. The van der Waals surface area contributed by atoms with Gasteiger partial charge in [0.2, 0.25) is 0 Å². The largest absolute Gasteiger partial charge is 0.358 e. The molecule has 0 aliphatic heterocycles. The standard InChI is InChI=1S/C24H23N7/c1-3-4-7-15(2)26-17-12-16(13-25-14-17)18-10-11-21-22(27-18)23(31-30-21)24-28-19-8-5-6-9-20(19)29-24/h5-6,8-14,26H,2-4,7H2,1H3,(H,28,29)(H,30,31). The smallest absolute Gasteiger partial charge is 0.161 e. The Morgan fingerprint density at radius 1 is 1.06 bits per heavy atom. The lowest BCUT2D eigenvalue weighted by molar-refractivity contribution is 0.791. The van der Waals surface area contributed by atoms with Crippen LogP contribution in [0.5, 0.6) is 0 Å². The number of fused-ring (bicyclic) bond motifs is 2. The topological polar surface area (TPSA) is 95.2 Å². The van der Waals surface area contributed by atoms with Crippen LogP contribution in [0.4, 0.5) is 5.69 Å². The number of aromatic nitrogens is 6. The van der Waals surface area contributed by atoms with Crippen LogP contribution in [0.25, 0.3) is 44.8 Å². The summed E-state index contributed by atoms with van der Waals surface area (Å²) in [5, 5.41) is 10.9. The Bertz CT molecular complexity index is 1350. The Hall–Kier alpha value is -4.00. The summed E-state index contributed by atoms with van der Waals surface area (Å²) >= 11 is 0. The highest BCUT2D eigenvalue weighted by molar-refractivity contribution is 5.91. The van der Waals surface area contributed by atoms with E-state index in [1.165, 1.54) is 0 Å². The van der Waals surface area contributed by atoms with Crippen molar-refractivity contribution in [3.8, 4) is 22.8 Å². The number of hydrogen-bond acceptors (Lipinski definition) is 5. The molecule has 5 rings (SSSR count). The molecule has 0 fully saturated rings. The quantitative estimate of drug-likeness (QED) is 0.321. The molecule has 0 saturated heterocycles. The minimum atomic E-state index is 0.692. The zero-order valence-electron chi connectivity index (χ0n) is 17.3. The highest BCUT2D eigenvalue weighted by Crippen LogP contribution is 2.28. The summed E-state index contributed by atoms with van der Waals surface area (Å²) < 4.78 is 0. The summed E-state index contributed by atoms with van der Waals surface area (Å²) in [4.78, 5) is 17.3. The molecule has 1 aromatic carbocycles. The predicted molar refractivity (Wildman–Crippen MR) is 124 cm³/mol. The number of imidazole rings is 1. The van der Waals surface area contributed by atoms with Gasteiger partial charge < -0.3 is 10.3 Å². The summed E-state index contributed by atoms with van der Waals surface area (Å²) in [6.07, 6.45) is 6.82. The molecule has 0 aliphatic carbocycles. The summed E-state index contributed by atoms with van der Waals surface area (Å²) in [6.45, 7) is 6.28. The van der Waals surface area contributed by atoms with Crippen LogP contribution in [-0.4, -0.2) is 30.1 Å². The van der Waals surface area contributed by atoms with Crippen LogP contribution in [0.15, 0.2) is 67.1 Å². The molecule has 0 aliphatic rings. The number of benzene rings is 1. The lowest BCUT2D eigenvalue weighted by Gasteiger charge is -2.10. The van der Waals surface area contributed by atoms with Crippen LogP contribution in [-0.2, 0) is 0 Å². The zero-order chi connectivity index (χ0) is 21.2. The van der Waals surface area contributed by atoms with Crippen molar-refractivity contribution in [1.29, 1.82) is 0 Å². The SMILES string of the molecule is C=C(CCCC)Nc1cncc(-c2ccc3[nH]nc(-c4nc5ccccc5[nH]4)c3n2)c1. The first kappa shape index (κ1) is 19.0.